The van der Waals surface area contributed by atoms with Crippen molar-refractivity contribution in [2.45, 2.75) is 31.7 Å². The second-order valence-electron chi connectivity index (χ2n) is 4.71. The average Bonchev–Trinajstić information content (AvgIpc) is 2.14. The molecular formula is C12H16F3NO. The molecule has 1 aromatic rings. The molecule has 1 aromatic carbocycles. The van der Waals surface area contributed by atoms with Gasteiger partial charge in [0.1, 0.15) is 11.6 Å². The van der Waals surface area contributed by atoms with E-state index in [1.54, 1.807) is 0 Å². The Hall–Kier alpha value is -1.23. The molecule has 0 aliphatic rings. The van der Waals surface area contributed by atoms with Crippen molar-refractivity contribution in [3.8, 4) is 5.75 Å². The highest BCUT2D eigenvalue weighted by Gasteiger charge is 2.39. The Kier molecular flexibility index (Phi) is 3.71. The second kappa shape index (κ2) is 4.56. The van der Waals surface area contributed by atoms with Gasteiger partial charge in [-0.15, -0.1) is 0 Å². The van der Waals surface area contributed by atoms with E-state index in [0.29, 0.717) is 0 Å². The maximum atomic E-state index is 14.0. The molecule has 5 heteroatoms. The van der Waals surface area contributed by atoms with Gasteiger partial charge in [0.25, 0.3) is 5.92 Å². The molecule has 0 unspecified atom stereocenters. The van der Waals surface area contributed by atoms with E-state index in [0.717, 1.165) is 12.1 Å². The van der Waals surface area contributed by atoms with Crippen LogP contribution in [0.15, 0.2) is 18.2 Å². The number of nitrogens with two attached hydrogens (primary N) is 1. The fraction of sp³-hybridized carbons (Fsp3) is 0.500. The lowest BCUT2D eigenvalue weighted by atomic mass is 9.92. The Morgan fingerprint density at radius 1 is 1.29 bits per heavy atom. The van der Waals surface area contributed by atoms with Crippen molar-refractivity contribution in [2.24, 2.45) is 5.73 Å². The molecule has 17 heavy (non-hydrogen) atoms. The summed E-state index contributed by atoms with van der Waals surface area (Å²) < 4.78 is 45.7. The van der Waals surface area contributed by atoms with Gasteiger partial charge in [0.2, 0.25) is 0 Å². The van der Waals surface area contributed by atoms with E-state index < -0.39 is 29.3 Å². The van der Waals surface area contributed by atoms with E-state index in [1.807, 2.05) is 0 Å². The van der Waals surface area contributed by atoms with Gasteiger partial charge < -0.3 is 10.5 Å². The molecule has 0 amide bonds. The molecule has 0 heterocycles. The Balaban J connectivity index is 3.17. The van der Waals surface area contributed by atoms with Crippen LogP contribution in [0, 0.1) is 5.82 Å². The number of ether oxygens (including phenoxy) is 1. The first-order chi connectivity index (χ1) is 7.65. The second-order valence-corrected chi connectivity index (χ2v) is 4.71. The third-order valence-corrected chi connectivity index (χ3v) is 2.23. The van der Waals surface area contributed by atoms with Crippen LogP contribution >= 0.6 is 0 Å². The molecular weight excluding hydrogens is 231 g/mol. The van der Waals surface area contributed by atoms with Crippen molar-refractivity contribution in [1.29, 1.82) is 0 Å². The standard InChI is InChI=1S/C12H16F3NO/c1-11(2,16)7-12(14,15)9-6-8(13)4-5-10(9)17-3/h4-6H,7,16H2,1-3H3. The lowest BCUT2D eigenvalue weighted by Crippen LogP contribution is -2.38. The Labute approximate surface area is 98.6 Å². The van der Waals surface area contributed by atoms with Crippen LogP contribution in [0.2, 0.25) is 0 Å². The molecule has 0 atom stereocenters. The molecule has 1 rings (SSSR count). The number of hydrogen-bond donors (Lipinski definition) is 1. The van der Waals surface area contributed by atoms with Crippen LogP contribution in [-0.4, -0.2) is 12.6 Å². The summed E-state index contributed by atoms with van der Waals surface area (Å²) in [6, 6.07) is 3.04. The van der Waals surface area contributed by atoms with Gasteiger partial charge in [0, 0.05) is 12.0 Å². The summed E-state index contributed by atoms with van der Waals surface area (Å²) in [4.78, 5) is 0. The summed E-state index contributed by atoms with van der Waals surface area (Å²) in [7, 11) is 1.26. The summed E-state index contributed by atoms with van der Waals surface area (Å²) in [6.45, 7) is 2.99. The van der Waals surface area contributed by atoms with Crippen molar-refractivity contribution < 1.29 is 17.9 Å². The van der Waals surface area contributed by atoms with Gasteiger partial charge in [-0.25, -0.2) is 13.2 Å². The SMILES string of the molecule is COc1ccc(F)cc1C(F)(F)CC(C)(C)N. The first kappa shape index (κ1) is 13.8. The van der Waals surface area contributed by atoms with Gasteiger partial charge in [0.15, 0.2) is 0 Å². The number of halogens is 3. The van der Waals surface area contributed by atoms with E-state index in [1.165, 1.54) is 27.0 Å². The van der Waals surface area contributed by atoms with Crippen LogP contribution in [0.25, 0.3) is 0 Å². The largest absolute Gasteiger partial charge is 0.496 e. The molecule has 0 saturated heterocycles. The average molecular weight is 247 g/mol. The smallest absolute Gasteiger partial charge is 0.278 e. The minimum Gasteiger partial charge on any atom is -0.496 e. The minimum atomic E-state index is -3.23. The van der Waals surface area contributed by atoms with Crippen LogP contribution in [0.1, 0.15) is 25.8 Å². The lowest BCUT2D eigenvalue weighted by molar-refractivity contribution is -0.0316. The Morgan fingerprint density at radius 3 is 2.35 bits per heavy atom. The van der Waals surface area contributed by atoms with Crippen LogP contribution in [0.3, 0.4) is 0 Å². The van der Waals surface area contributed by atoms with E-state index in [2.05, 4.69) is 0 Å². The molecule has 0 spiro atoms. The summed E-state index contributed by atoms with van der Waals surface area (Å²) in [5, 5.41) is 0. The van der Waals surface area contributed by atoms with E-state index in [-0.39, 0.29) is 5.75 Å². The monoisotopic (exact) mass is 247 g/mol. The normalized spacial score (nSPS) is 12.6. The van der Waals surface area contributed by atoms with Gasteiger partial charge in [-0.05, 0) is 32.0 Å². The summed E-state index contributed by atoms with van der Waals surface area (Å²) >= 11 is 0. The highest BCUT2D eigenvalue weighted by molar-refractivity contribution is 5.37. The predicted molar refractivity (Wildman–Crippen MR) is 59.7 cm³/mol. The van der Waals surface area contributed by atoms with E-state index in [4.69, 9.17) is 10.5 Å². The maximum absolute atomic E-state index is 14.0. The molecule has 0 aliphatic carbocycles. The topological polar surface area (TPSA) is 35.2 Å². The molecule has 0 aromatic heterocycles. The lowest BCUT2D eigenvalue weighted by Gasteiger charge is -2.27. The zero-order valence-electron chi connectivity index (χ0n) is 10.1. The number of methoxy groups -OCH3 is 1. The fourth-order valence-corrected chi connectivity index (χ4v) is 1.63. The molecule has 0 aliphatic heterocycles. The number of hydrogen-bond acceptors (Lipinski definition) is 2. The Morgan fingerprint density at radius 2 is 1.88 bits per heavy atom. The van der Waals surface area contributed by atoms with E-state index >= 15 is 0 Å². The Bertz CT molecular complexity index is 399. The number of rotatable bonds is 4. The predicted octanol–water partition coefficient (Wildman–Crippen LogP) is 3.05. The fourth-order valence-electron chi connectivity index (χ4n) is 1.63. The molecule has 2 nitrogen and oxygen atoms in total. The molecule has 0 saturated carbocycles. The van der Waals surface area contributed by atoms with Gasteiger partial charge in [0.05, 0.1) is 12.7 Å². The van der Waals surface area contributed by atoms with Crippen molar-refractivity contribution >= 4 is 0 Å². The molecule has 0 fully saturated rings. The van der Waals surface area contributed by atoms with Gasteiger partial charge >= 0.3 is 0 Å². The minimum absolute atomic E-state index is 0.0411. The molecule has 96 valence electrons. The highest BCUT2D eigenvalue weighted by Crippen LogP contribution is 2.40. The number of benzene rings is 1. The third kappa shape index (κ3) is 3.63. The molecule has 2 N–H and O–H groups in total. The van der Waals surface area contributed by atoms with Gasteiger partial charge in [-0.2, -0.15) is 0 Å². The highest BCUT2D eigenvalue weighted by atomic mass is 19.3. The zero-order valence-corrected chi connectivity index (χ0v) is 10.1. The van der Waals surface area contributed by atoms with Crippen molar-refractivity contribution in [3.63, 3.8) is 0 Å². The quantitative estimate of drug-likeness (QED) is 0.887. The van der Waals surface area contributed by atoms with E-state index in [9.17, 15) is 13.2 Å². The van der Waals surface area contributed by atoms with Crippen LogP contribution < -0.4 is 10.5 Å². The van der Waals surface area contributed by atoms with Gasteiger partial charge in [-0.1, -0.05) is 0 Å². The third-order valence-electron chi connectivity index (χ3n) is 2.23. The van der Waals surface area contributed by atoms with Crippen molar-refractivity contribution in [3.05, 3.63) is 29.6 Å². The van der Waals surface area contributed by atoms with Gasteiger partial charge in [-0.3, -0.25) is 0 Å². The molecule has 0 radical (unpaired) electrons. The molecule has 0 bridgehead atoms. The summed E-state index contributed by atoms with van der Waals surface area (Å²) in [5.41, 5.74) is 4.05. The summed E-state index contributed by atoms with van der Waals surface area (Å²) in [6.07, 6.45) is -0.584. The van der Waals surface area contributed by atoms with Crippen LogP contribution in [-0.2, 0) is 5.92 Å². The van der Waals surface area contributed by atoms with Crippen molar-refractivity contribution in [1.82, 2.24) is 0 Å². The maximum Gasteiger partial charge on any atom is 0.278 e. The number of alkyl halides is 2. The first-order valence-electron chi connectivity index (χ1n) is 5.16. The van der Waals surface area contributed by atoms with Crippen molar-refractivity contribution in [2.75, 3.05) is 7.11 Å². The van der Waals surface area contributed by atoms with Crippen LogP contribution in [0.5, 0.6) is 5.75 Å². The first-order valence-corrected chi connectivity index (χ1v) is 5.16. The van der Waals surface area contributed by atoms with Crippen LogP contribution in [0.4, 0.5) is 13.2 Å². The zero-order chi connectivity index (χ0) is 13.3. The summed E-state index contributed by atoms with van der Waals surface area (Å²) in [5.74, 6) is -4.00.